The number of morpholine rings is 1. The van der Waals surface area contributed by atoms with Crippen LogP contribution in [0.25, 0.3) is 0 Å². The summed E-state index contributed by atoms with van der Waals surface area (Å²) in [4.78, 5) is 30.1. The van der Waals surface area contributed by atoms with Crippen molar-refractivity contribution in [3.63, 3.8) is 0 Å². The molecule has 2 heterocycles. The number of aromatic nitrogens is 1. The number of amides is 2. The van der Waals surface area contributed by atoms with Crippen molar-refractivity contribution in [1.29, 1.82) is 0 Å². The number of pyridine rings is 1. The fourth-order valence-corrected chi connectivity index (χ4v) is 2.55. The molecule has 132 valence electrons. The maximum Gasteiger partial charge on any atom is 0.243 e. The van der Waals surface area contributed by atoms with E-state index in [0.717, 1.165) is 37.7 Å². The van der Waals surface area contributed by atoms with Crippen LogP contribution in [0.15, 0.2) is 18.3 Å². The van der Waals surface area contributed by atoms with Crippen molar-refractivity contribution in [3.05, 3.63) is 23.9 Å². The van der Waals surface area contributed by atoms with E-state index in [1.807, 2.05) is 26.0 Å². The fourth-order valence-electron chi connectivity index (χ4n) is 2.55. The molecule has 0 spiro atoms. The van der Waals surface area contributed by atoms with E-state index in [9.17, 15) is 9.59 Å². The molecule has 0 aromatic carbocycles. The van der Waals surface area contributed by atoms with Crippen molar-refractivity contribution in [3.8, 4) is 0 Å². The van der Waals surface area contributed by atoms with Crippen molar-refractivity contribution in [1.82, 2.24) is 15.6 Å². The third-order valence-corrected chi connectivity index (χ3v) is 3.92. The molecule has 1 atom stereocenters. The topological polar surface area (TPSA) is 83.6 Å². The number of carbonyl (C=O) groups is 2. The SMILES string of the molecule is CC(=O)N[C@H](C(=O)NCc1ccc(N2CCOCC2)nc1)C(C)C. The van der Waals surface area contributed by atoms with E-state index < -0.39 is 6.04 Å². The number of carbonyl (C=O) groups excluding carboxylic acids is 2. The average Bonchev–Trinajstić information content (AvgIpc) is 2.58. The molecule has 7 nitrogen and oxygen atoms in total. The van der Waals surface area contributed by atoms with Gasteiger partial charge in [-0.25, -0.2) is 4.98 Å². The van der Waals surface area contributed by atoms with Crippen molar-refractivity contribution in [2.45, 2.75) is 33.4 Å². The van der Waals surface area contributed by atoms with Gasteiger partial charge in [-0.1, -0.05) is 19.9 Å². The van der Waals surface area contributed by atoms with Gasteiger partial charge in [0.15, 0.2) is 0 Å². The molecular formula is C17H26N4O3. The predicted molar refractivity (Wildman–Crippen MR) is 91.6 cm³/mol. The lowest BCUT2D eigenvalue weighted by atomic mass is 10.0. The van der Waals surface area contributed by atoms with Crippen LogP contribution < -0.4 is 15.5 Å². The van der Waals surface area contributed by atoms with Gasteiger partial charge < -0.3 is 20.3 Å². The van der Waals surface area contributed by atoms with Crippen LogP contribution in [0.5, 0.6) is 0 Å². The quantitative estimate of drug-likeness (QED) is 0.800. The van der Waals surface area contributed by atoms with Gasteiger partial charge in [0, 0.05) is 32.8 Å². The first-order valence-corrected chi connectivity index (χ1v) is 8.30. The van der Waals surface area contributed by atoms with Crippen LogP contribution in [-0.2, 0) is 20.9 Å². The molecule has 1 saturated heterocycles. The minimum absolute atomic E-state index is 0.0238. The summed E-state index contributed by atoms with van der Waals surface area (Å²) in [6.45, 7) is 8.73. The van der Waals surface area contributed by atoms with Crippen LogP contribution in [0.1, 0.15) is 26.3 Å². The van der Waals surface area contributed by atoms with Crippen molar-refractivity contribution < 1.29 is 14.3 Å². The van der Waals surface area contributed by atoms with Crippen molar-refractivity contribution >= 4 is 17.6 Å². The smallest absolute Gasteiger partial charge is 0.243 e. The minimum atomic E-state index is -0.525. The highest BCUT2D eigenvalue weighted by Gasteiger charge is 2.22. The van der Waals surface area contributed by atoms with Crippen LogP contribution in [-0.4, -0.2) is 49.1 Å². The minimum Gasteiger partial charge on any atom is -0.378 e. The lowest BCUT2D eigenvalue weighted by Crippen LogP contribution is -2.48. The second-order valence-corrected chi connectivity index (χ2v) is 6.26. The molecule has 7 heteroatoms. The maximum absolute atomic E-state index is 12.2. The second kappa shape index (κ2) is 8.63. The molecule has 0 unspecified atom stereocenters. The molecule has 24 heavy (non-hydrogen) atoms. The summed E-state index contributed by atoms with van der Waals surface area (Å²) < 4.78 is 5.33. The summed E-state index contributed by atoms with van der Waals surface area (Å²) in [6, 6.07) is 3.39. The first kappa shape index (κ1) is 18.2. The van der Waals surface area contributed by atoms with Gasteiger partial charge in [0.1, 0.15) is 11.9 Å². The Kier molecular flexibility index (Phi) is 6.54. The van der Waals surface area contributed by atoms with Crippen molar-refractivity contribution in [2.24, 2.45) is 5.92 Å². The predicted octanol–water partition coefficient (Wildman–Crippen LogP) is 0.695. The molecule has 0 bridgehead atoms. The molecule has 1 fully saturated rings. The van der Waals surface area contributed by atoms with Crippen molar-refractivity contribution in [2.75, 3.05) is 31.2 Å². The lowest BCUT2D eigenvalue weighted by molar-refractivity contribution is -0.129. The Morgan fingerprint density at radius 2 is 2.00 bits per heavy atom. The monoisotopic (exact) mass is 334 g/mol. The Hall–Kier alpha value is -2.15. The summed E-state index contributed by atoms with van der Waals surface area (Å²) >= 11 is 0. The van der Waals surface area contributed by atoms with E-state index in [4.69, 9.17) is 4.74 Å². The molecule has 2 N–H and O–H groups in total. The first-order chi connectivity index (χ1) is 11.5. The maximum atomic E-state index is 12.2. The highest BCUT2D eigenvalue weighted by Crippen LogP contribution is 2.13. The third-order valence-electron chi connectivity index (χ3n) is 3.92. The van der Waals surface area contributed by atoms with Gasteiger partial charge >= 0.3 is 0 Å². The van der Waals surface area contributed by atoms with E-state index in [1.54, 1.807) is 6.20 Å². The van der Waals surface area contributed by atoms with Gasteiger partial charge in [-0.2, -0.15) is 0 Å². The van der Waals surface area contributed by atoms with E-state index in [2.05, 4.69) is 20.5 Å². The fraction of sp³-hybridized carbons (Fsp3) is 0.588. The first-order valence-electron chi connectivity index (χ1n) is 8.30. The zero-order valence-electron chi connectivity index (χ0n) is 14.5. The Labute approximate surface area is 142 Å². The Morgan fingerprint density at radius 3 is 2.54 bits per heavy atom. The van der Waals surface area contributed by atoms with Gasteiger partial charge in [0.25, 0.3) is 0 Å². The van der Waals surface area contributed by atoms with Crippen LogP contribution in [0.2, 0.25) is 0 Å². The summed E-state index contributed by atoms with van der Waals surface area (Å²) in [6.07, 6.45) is 1.77. The number of hydrogen-bond acceptors (Lipinski definition) is 5. The number of hydrogen-bond donors (Lipinski definition) is 2. The van der Waals surface area contributed by atoms with Crippen LogP contribution >= 0.6 is 0 Å². The molecule has 0 radical (unpaired) electrons. The molecule has 2 amide bonds. The Balaban J connectivity index is 1.88. The molecule has 2 rings (SSSR count). The van der Waals surface area contributed by atoms with Crippen LogP contribution in [0, 0.1) is 5.92 Å². The highest BCUT2D eigenvalue weighted by molar-refractivity contribution is 5.87. The van der Waals surface area contributed by atoms with Gasteiger partial charge in [0.2, 0.25) is 11.8 Å². The standard InChI is InChI=1S/C17H26N4O3/c1-12(2)16(20-13(3)22)17(23)19-11-14-4-5-15(18-10-14)21-6-8-24-9-7-21/h4-5,10,12,16H,6-9,11H2,1-3H3,(H,19,23)(H,20,22)/t16-/m0/s1. The third kappa shape index (κ3) is 5.19. The molecule has 0 saturated carbocycles. The lowest BCUT2D eigenvalue weighted by Gasteiger charge is -2.27. The summed E-state index contributed by atoms with van der Waals surface area (Å²) in [5, 5.41) is 5.54. The van der Waals surface area contributed by atoms with Crippen LogP contribution in [0.4, 0.5) is 5.82 Å². The molecular weight excluding hydrogens is 308 g/mol. The summed E-state index contributed by atoms with van der Waals surface area (Å²) in [5.41, 5.74) is 0.922. The molecule has 1 aromatic rings. The Bertz CT molecular complexity index is 553. The Morgan fingerprint density at radius 1 is 1.29 bits per heavy atom. The largest absolute Gasteiger partial charge is 0.378 e. The van der Waals surface area contributed by atoms with Gasteiger partial charge in [-0.15, -0.1) is 0 Å². The van der Waals surface area contributed by atoms with Crippen LogP contribution in [0.3, 0.4) is 0 Å². The number of nitrogens with one attached hydrogen (secondary N) is 2. The summed E-state index contributed by atoms with van der Waals surface area (Å²) in [7, 11) is 0. The highest BCUT2D eigenvalue weighted by atomic mass is 16.5. The van der Waals surface area contributed by atoms with E-state index in [0.29, 0.717) is 6.54 Å². The van der Waals surface area contributed by atoms with E-state index in [-0.39, 0.29) is 17.7 Å². The van der Waals surface area contributed by atoms with Gasteiger partial charge in [0.05, 0.1) is 13.2 Å². The number of ether oxygens (including phenoxy) is 1. The second-order valence-electron chi connectivity index (χ2n) is 6.26. The normalized spacial score (nSPS) is 15.9. The average molecular weight is 334 g/mol. The number of rotatable bonds is 6. The van der Waals surface area contributed by atoms with Gasteiger partial charge in [-0.3, -0.25) is 9.59 Å². The zero-order chi connectivity index (χ0) is 17.5. The van der Waals surface area contributed by atoms with Gasteiger partial charge in [-0.05, 0) is 17.5 Å². The number of nitrogens with zero attached hydrogens (tertiary/aromatic N) is 2. The zero-order valence-corrected chi connectivity index (χ0v) is 14.5. The number of anilines is 1. The molecule has 1 aliphatic rings. The molecule has 1 aromatic heterocycles. The molecule has 1 aliphatic heterocycles. The van der Waals surface area contributed by atoms with E-state index >= 15 is 0 Å². The summed E-state index contributed by atoms with van der Waals surface area (Å²) in [5.74, 6) is 0.556. The van der Waals surface area contributed by atoms with E-state index in [1.165, 1.54) is 6.92 Å². The molecule has 0 aliphatic carbocycles.